The van der Waals surface area contributed by atoms with Crippen molar-refractivity contribution >= 4 is 44.1 Å². The van der Waals surface area contributed by atoms with Crippen molar-refractivity contribution in [1.82, 2.24) is 10.3 Å². The first-order valence-electron chi connectivity index (χ1n) is 12.6. The van der Waals surface area contributed by atoms with Gasteiger partial charge in [-0.05, 0) is 56.2 Å². The van der Waals surface area contributed by atoms with E-state index in [2.05, 4.69) is 24.1 Å². The number of para-hydroxylation sites is 1. The summed E-state index contributed by atoms with van der Waals surface area (Å²) in [5.41, 5.74) is 4.04. The molecule has 0 spiro atoms. The molecule has 1 N–H and O–H groups in total. The number of carbonyl (C=O) groups excluding carboxylic acids is 1. The van der Waals surface area contributed by atoms with Crippen LogP contribution < -0.4 is 15.8 Å². The maximum Gasteiger partial charge on any atom is 0.347 e. The van der Waals surface area contributed by atoms with E-state index in [-0.39, 0.29) is 5.91 Å². The van der Waals surface area contributed by atoms with E-state index in [1.165, 1.54) is 11.3 Å². The molecule has 7 heteroatoms. The Kier molecular flexibility index (Phi) is 7.06. The van der Waals surface area contributed by atoms with Gasteiger partial charge >= 0.3 is 5.63 Å². The molecule has 2 heterocycles. The Morgan fingerprint density at radius 1 is 0.973 bits per heavy atom. The second-order valence-corrected chi connectivity index (χ2v) is 9.81. The Morgan fingerprint density at radius 2 is 1.73 bits per heavy atom. The quantitative estimate of drug-likeness (QED) is 0.234. The molecule has 3 aromatic carbocycles. The largest absolute Gasteiger partial charge is 0.422 e. The van der Waals surface area contributed by atoms with Gasteiger partial charge in [0.25, 0.3) is 5.91 Å². The summed E-state index contributed by atoms with van der Waals surface area (Å²) in [4.78, 5) is 33.8. The Morgan fingerprint density at radius 3 is 2.49 bits per heavy atom. The van der Waals surface area contributed by atoms with Crippen LogP contribution in [-0.4, -0.2) is 30.5 Å². The highest BCUT2D eigenvalue weighted by molar-refractivity contribution is 7.21. The molecule has 0 saturated heterocycles. The van der Waals surface area contributed by atoms with Crippen LogP contribution in [0.2, 0.25) is 0 Å². The fourth-order valence-corrected chi connectivity index (χ4v) is 5.67. The third-order valence-corrected chi connectivity index (χ3v) is 7.56. The highest BCUT2D eigenvalue weighted by Crippen LogP contribution is 2.41. The van der Waals surface area contributed by atoms with Gasteiger partial charge in [0.1, 0.15) is 16.2 Å². The van der Waals surface area contributed by atoms with Crippen LogP contribution in [0.15, 0.2) is 75.9 Å². The van der Waals surface area contributed by atoms with Gasteiger partial charge in [-0.2, -0.15) is 0 Å². The normalized spacial score (nSPS) is 11.2. The predicted octanol–water partition coefficient (Wildman–Crippen LogP) is 6.72. The molecule has 5 rings (SSSR count). The average Bonchev–Trinajstić information content (AvgIpc) is 3.35. The van der Waals surface area contributed by atoms with Gasteiger partial charge < -0.3 is 14.6 Å². The molecule has 2 aromatic heterocycles. The Labute approximate surface area is 219 Å². The lowest BCUT2D eigenvalue weighted by Gasteiger charge is -2.21. The number of rotatable bonds is 8. The highest BCUT2D eigenvalue weighted by atomic mass is 32.1. The van der Waals surface area contributed by atoms with Crippen LogP contribution in [0, 0.1) is 0 Å². The van der Waals surface area contributed by atoms with E-state index in [0.717, 1.165) is 40.8 Å². The molecule has 0 radical (unpaired) electrons. The van der Waals surface area contributed by atoms with Crippen molar-refractivity contribution in [2.75, 3.05) is 24.5 Å². The number of carbonyl (C=O) groups is 1. The van der Waals surface area contributed by atoms with Crippen molar-refractivity contribution in [3.8, 4) is 21.7 Å². The van der Waals surface area contributed by atoms with Crippen molar-refractivity contribution in [2.24, 2.45) is 0 Å². The van der Waals surface area contributed by atoms with E-state index >= 15 is 0 Å². The van der Waals surface area contributed by atoms with Crippen LogP contribution in [-0.2, 0) is 0 Å². The number of thiazole rings is 1. The monoisotopic (exact) mass is 511 g/mol. The van der Waals surface area contributed by atoms with Crippen molar-refractivity contribution in [3.05, 3.63) is 82.7 Å². The van der Waals surface area contributed by atoms with E-state index in [9.17, 15) is 9.59 Å². The molecule has 188 valence electrons. The lowest BCUT2D eigenvalue weighted by molar-refractivity contribution is 0.0954. The van der Waals surface area contributed by atoms with E-state index < -0.39 is 5.63 Å². The molecule has 37 heavy (non-hydrogen) atoms. The fourth-order valence-electron chi connectivity index (χ4n) is 4.66. The molecule has 0 aliphatic carbocycles. The number of nitrogens with one attached hydrogen (secondary N) is 1. The zero-order chi connectivity index (χ0) is 25.9. The van der Waals surface area contributed by atoms with Gasteiger partial charge in [0.15, 0.2) is 0 Å². The van der Waals surface area contributed by atoms with Crippen LogP contribution in [0.4, 0.5) is 5.69 Å². The van der Waals surface area contributed by atoms with Crippen molar-refractivity contribution in [2.45, 2.75) is 27.2 Å². The summed E-state index contributed by atoms with van der Waals surface area (Å²) in [6, 6.07) is 21.2. The van der Waals surface area contributed by atoms with Crippen LogP contribution in [0.25, 0.3) is 42.9 Å². The Balaban J connectivity index is 1.83. The highest BCUT2D eigenvalue weighted by Gasteiger charge is 2.24. The van der Waals surface area contributed by atoms with E-state index in [0.29, 0.717) is 39.4 Å². The van der Waals surface area contributed by atoms with E-state index in [4.69, 9.17) is 9.40 Å². The standard InChI is InChI=1S/C30H29N3O3S/c1-4-17-31-28(34)21-12-8-7-11-20(21)26-22-16-15-19(33(5-2)6-3)18-24(22)36-30(35)27(26)29-32-23-13-9-10-14-25(23)37-29/h7-16,18H,4-6,17H2,1-3H3,(H,31,34). The summed E-state index contributed by atoms with van der Waals surface area (Å²) in [6.07, 6.45) is 0.830. The third kappa shape index (κ3) is 4.62. The summed E-state index contributed by atoms with van der Waals surface area (Å²) < 4.78 is 6.91. The lowest BCUT2D eigenvalue weighted by Crippen LogP contribution is -2.24. The molecule has 0 bridgehead atoms. The molecule has 0 atom stereocenters. The van der Waals surface area contributed by atoms with Gasteiger partial charge in [-0.1, -0.05) is 37.3 Å². The summed E-state index contributed by atoms with van der Waals surface area (Å²) in [7, 11) is 0. The number of hydrogen-bond acceptors (Lipinski definition) is 6. The molecule has 0 fully saturated rings. The zero-order valence-electron chi connectivity index (χ0n) is 21.2. The molecule has 0 aliphatic heterocycles. The fraction of sp³-hybridized carbons (Fsp3) is 0.233. The van der Waals surface area contributed by atoms with Gasteiger partial charge in [-0.25, -0.2) is 9.78 Å². The van der Waals surface area contributed by atoms with Crippen LogP contribution in [0.1, 0.15) is 37.6 Å². The first kappa shape index (κ1) is 24.7. The smallest absolute Gasteiger partial charge is 0.347 e. The first-order chi connectivity index (χ1) is 18.0. The number of fused-ring (bicyclic) bond motifs is 2. The Hall–Kier alpha value is -3.97. The summed E-state index contributed by atoms with van der Waals surface area (Å²) >= 11 is 1.45. The number of nitrogens with zero attached hydrogens (tertiary/aromatic N) is 2. The van der Waals surface area contributed by atoms with Gasteiger partial charge in [0.05, 0.1) is 10.2 Å². The van der Waals surface area contributed by atoms with Crippen molar-refractivity contribution in [3.63, 3.8) is 0 Å². The predicted molar refractivity (Wildman–Crippen MR) is 153 cm³/mol. The van der Waals surface area contributed by atoms with Crippen molar-refractivity contribution in [1.29, 1.82) is 0 Å². The van der Waals surface area contributed by atoms with E-state index in [1.807, 2.05) is 67.6 Å². The zero-order valence-corrected chi connectivity index (χ0v) is 22.0. The maximum atomic E-state index is 13.7. The molecule has 0 saturated carbocycles. The first-order valence-corrected chi connectivity index (χ1v) is 13.5. The maximum absolute atomic E-state index is 13.7. The minimum Gasteiger partial charge on any atom is -0.422 e. The summed E-state index contributed by atoms with van der Waals surface area (Å²) in [6.45, 7) is 8.45. The SMILES string of the molecule is CCCNC(=O)c1ccccc1-c1c(-c2nc3ccccc3s2)c(=O)oc2cc(N(CC)CC)ccc12. The summed E-state index contributed by atoms with van der Waals surface area (Å²) in [5.74, 6) is -0.172. The number of benzene rings is 3. The second kappa shape index (κ2) is 10.6. The minimum absolute atomic E-state index is 0.172. The number of aromatic nitrogens is 1. The van der Waals surface area contributed by atoms with Crippen LogP contribution in [0.3, 0.4) is 0 Å². The number of hydrogen-bond donors (Lipinski definition) is 1. The second-order valence-electron chi connectivity index (χ2n) is 8.78. The topological polar surface area (TPSA) is 75.4 Å². The molecule has 1 amide bonds. The van der Waals surface area contributed by atoms with E-state index in [1.54, 1.807) is 6.07 Å². The average molecular weight is 512 g/mol. The molecule has 6 nitrogen and oxygen atoms in total. The van der Waals surface area contributed by atoms with Gasteiger partial charge in [-0.3, -0.25) is 4.79 Å². The van der Waals surface area contributed by atoms with Crippen LogP contribution in [0.5, 0.6) is 0 Å². The number of amides is 1. The molecule has 5 aromatic rings. The van der Waals surface area contributed by atoms with Crippen molar-refractivity contribution < 1.29 is 9.21 Å². The van der Waals surface area contributed by atoms with Crippen LogP contribution >= 0.6 is 11.3 Å². The van der Waals surface area contributed by atoms with Gasteiger partial charge in [-0.15, -0.1) is 11.3 Å². The minimum atomic E-state index is -0.470. The van der Waals surface area contributed by atoms with Gasteiger partial charge in [0.2, 0.25) is 0 Å². The molecule has 0 aliphatic rings. The summed E-state index contributed by atoms with van der Waals surface area (Å²) in [5, 5.41) is 4.32. The lowest BCUT2D eigenvalue weighted by atomic mass is 9.92. The number of anilines is 1. The molecule has 0 unspecified atom stereocenters. The molecular formula is C30H29N3O3S. The molecular weight excluding hydrogens is 482 g/mol. The van der Waals surface area contributed by atoms with Gasteiger partial charge in [0, 0.05) is 47.9 Å². The Bertz CT molecular complexity index is 1620. The third-order valence-electron chi connectivity index (χ3n) is 6.50.